The monoisotopic (exact) mass is 381 g/mol. The highest BCUT2D eigenvalue weighted by atomic mass is 16.5. The van der Waals surface area contributed by atoms with E-state index in [1.165, 1.54) is 0 Å². The fourth-order valence-corrected chi connectivity index (χ4v) is 4.73. The zero-order valence-electron chi connectivity index (χ0n) is 15.9. The molecule has 1 amide bonds. The summed E-state index contributed by atoms with van der Waals surface area (Å²) in [6.07, 6.45) is 0.727. The van der Waals surface area contributed by atoms with Crippen molar-refractivity contribution in [3.63, 3.8) is 0 Å². The minimum absolute atomic E-state index is 0.0568. The van der Waals surface area contributed by atoms with Crippen molar-refractivity contribution in [3.05, 3.63) is 95.6 Å². The van der Waals surface area contributed by atoms with Gasteiger partial charge in [0.05, 0.1) is 23.0 Å². The molecule has 3 aliphatic rings. The van der Waals surface area contributed by atoms with Gasteiger partial charge in [0.2, 0.25) is 0 Å². The quantitative estimate of drug-likeness (QED) is 0.639. The molecule has 0 fully saturated rings. The Balaban J connectivity index is 1.60. The van der Waals surface area contributed by atoms with E-state index in [0.717, 1.165) is 40.3 Å². The SMILES string of the molecule is CN1C(=O)[C@@]2(Oc3ccccc3[C@@H]3CC(c4ccccc4)=NN32)c2ccccc21. The molecule has 3 heterocycles. The van der Waals surface area contributed by atoms with Crippen LogP contribution in [0.2, 0.25) is 0 Å². The Kier molecular flexibility index (Phi) is 3.22. The smallest absolute Gasteiger partial charge is 0.306 e. The van der Waals surface area contributed by atoms with Crippen LogP contribution in [0, 0.1) is 0 Å². The van der Waals surface area contributed by atoms with Gasteiger partial charge in [-0.3, -0.25) is 4.79 Å². The zero-order valence-corrected chi connectivity index (χ0v) is 15.9. The van der Waals surface area contributed by atoms with E-state index in [2.05, 4.69) is 18.2 Å². The number of amides is 1. The van der Waals surface area contributed by atoms with Crippen molar-refractivity contribution in [1.82, 2.24) is 5.01 Å². The van der Waals surface area contributed by atoms with E-state index in [0.29, 0.717) is 0 Å². The first-order valence-corrected chi connectivity index (χ1v) is 9.78. The van der Waals surface area contributed by atoms with Gasteiger partial charge in [-0.15, -0.1) is 0 Å². The van der Waals surface area contributed by atoms with Gasteiger partial charge < -0.3 is 9.64 Å². The van der Waals surface area contributed by atoms with Gasteiger partial charge in [0.15, 0.2) is 0 Å². The van der Waals surface area contributed by atoms with Crippen molar-refractivity contribution < 1.29 is 9.53 Å². The Morgan fingerprint density at radius 2 is 1.69 bits per heavy atom. The fraction of sp³-hybridized carbons (Fsp3) is 0.167. The molecule has 142 valence electrons. The summed E-state index contributed by atoms with van der Waals surface area (Å²) in [6.45, 7) is 0. The molecule has 0 bridgehead atoms. The Morgan fingerprint density at radius 3 is 2.55 bits per heavy atom. The number of anilines is 1. The average molecular weight is 381 g/mol. The third kappa shape index (κ3) is 2.04. The molecular formula is C24H19N3O2. The van der Waals surface area contributed by atoms with E-state index in [1.807, 2.05) is 65.7 Å². The van der Waals surface area contributed by atoms with Crippen LogP contribution in [-0.4, -0.2) is 23.7 Å². The van der Waals surface area contributed by atoms with E-state index in [4.69, 9.17) is 9.84 Å². The number of ether oxygens (including phenoxy) is 1. The van der Waals surface area contributed by atoms with Crippen LogP contribution >= 0.6 is 0 Å². The molecule has 5 nitrogen and oxygen atoms in total. The van der Waals surface area contributed by atoms with Crippen LogP contribution in [0.3, 0.4) is 0 Å². The number of para-hydroxylation sites is 2. The number of hydrogen-bond donors (Lipinski definition) is 0. The van der Waals surface area contributed by atoms with Crippen LogP contribution in [0.4, 0.5) is 5.69 Å². The number of fused-ring (bicyclic) bond motifs is 6. The predicted octanol–water partition coefficient (Wildman–Crippen LogP) is 4.06. The Bertz CT molecular complexity index is 1170. The molecule has 5 heteroatoms. The normalized spacial score (nSPS) is 24.1. The number of hydrazone groups is 1. The Hall–Kier alpha value is -3.60. The van der Waals surface area contributed by atoms with Gasteiger partial charge in [0, 0.05) is 19.0 Å². The van der Waals surface area contributed by atoms with Crippen molar-refractivity contribution in [2.75, 3.05) is 11.9 Å². The third-order valence-corrected chi connectivity index (χ3v) is 6.10. The molecule has 29 heavy (non-hydrogen) atoms. The Labute approximate surface area is 168 Å². The molecule has 0 N–H and O–H groups in total. The minimum Gasteiger partial charge on any atom is -0.453 e. The molecule has 3 aliphatic heterocycles. The summed E-state index contributed by atoms with van der Waals surface area (Å²) in [4.78, 5) is 15.3. The number of benzene rings is 3. The topological polar surface area (TPSA) is 45.1 Å². The average Bonchev–Trinajstić information content (AvgIpc) is 3.31. The van der Waals surface area contributed by atoms with E-state index < -0.39 is 5.72 Å². The second-order valence-corrected chi connectivity index (χ2v) is 7.64. The summed E-state index contributed by atoms with van der Waals surface area (Å²) < 4.78 is 6.52. The van der Waals surface area contributed by atoms with Crippen molar-refractivity contribution in [2.45, 2.75) is 18.2 Å². The molecule has 3 aromatic rings. The highest BCUT2D eigenvalue weighted by molar-refractivity contribution is 6.08. The molecule has 0 aliphatic carbocycles. The summed E-state index contributed by atoms with van der Waals surface area (Å²) in [6, 6.07) is 25.9. The molecule has 3 aromatic carbocycles. The lowest BCUT2D eigenvalue weighted by molar-refractivity contribution is -0.163. The number of rotatable bonds is 1. The zero-order chi connectivity index (χ0) is 19.6. The van der Waals surface area contributed by atoms with Crippen LogP contribution in [0.1, 0.15) is 29.2 Å². The first-order valence-electron chi connectivity index (χ1n) is 9.78. The van der Waals surface area contributed by atoms with Crippen LogP contribution in [0.15, 0.2) is 84.0 Å². The lowest BCUT2D eigenvalue weighted by Crippen LogP contribution is -2.56. The van der Waals surface area contributed by atoms with Crippen molar-refractivity contribution in [3.8, 4) is 5.75 Å². The molecule has 0 saturated heterocycles. The first kappa shape index (κ1) is 16.4. The van der Waals surface area contributed by atoms with Gasteiger partial charge in [-0.1, -0.05) is 66.7 Å². The van der Waals surface area contributed by atoms with Crippen LogP contribution < -0.4 is 9.64 Å². The van der Waals surface area contributed by atoms with Gasteiger partial charge >= 0.3 is 5.72 Å². The van der Waals surface area contributed by atoms with E-state index in [-0.39, 0.29) is 11.9 Å². The van der Waals surface area contributed by atoms with E-state index in [9.17, 15) is 4.79 Å². The molecule has 0 radical (unpaired) electrons. The van der Waals surface area contributed by atoms with Gasteiger partial charge in [-0.05, 0) is 17.7 Å². The highest BCUT2D eigenvalue weighted by Gasteiger charge is 2.62. The molecule has 2 atom stereocenters. The summed E-state index contributed by atoms with van der Waals surface area (Å²) >= 11 is 0. The second-order valence-electron chi connectivity index (χ2n) is 7.64. The summed E-state index contributed by atoms with van der Waals surface area (Å²) in [5, 5.41) is 6.87. The maximum atomic E-state index is 13.6. The van der Waals surface area contributed by atoms with Crippen LogP contribution in [-0.2, 0) is 10.5 Å². The van der Waals surface area contributed by atoms with Gasteiger partial charge in [-0.25, -0.2) is 5.01 Å². The first-order chi connectivity index (χ1) is 14.2. The number of carbonyl (C=O) groups excluding carboxylic acids is 1. The van der Waals surface area contributed by atoms with Crippen molar-refractivity contribution in [1.29, 1.82) is 0 Å². The van der Waals surface area contributed by atoms with Crippen molar-refractivity contribution in [2.24, 2.45) is 5.10 Å². The maximum Gasteiger partial charge on any atom is 0.306 e. The molecule has 1 spiro atoms. The largest absolute Gasteiger partial charge is 0.453 e. The van der Waals surface area contributed by atoms with Crippen molar-refractivity contribution >= 4 is 17.3 Å². The molecule has 0 saturated carbocycles. The summed E-state index contributed by atoms with van der Waals surface area (Å²) in [7, 11) is 1.80. The number of nitrogens with zero attached hydrogens (tertiary/aromatic N) is 3. The second kappa shape index (κ2) is 5.70. The maximum absolute atomic E-state index is 13.6. The molecular weight excluding hydrogens is 362 g/mol. The van der Waals surface area contributed by atoms with Crippen LogP contribution in [0.25, 0.3) is 0 Å². The highest BCUT2D eigenvalue weighted by Crippen LogP contribution is 2.55. The van der Waals surface area contributed by atoms with Gasteiger partial charge in [0.25, 0.3) is 5.91 Å². The summed E-state index contributed by atoms with van der Waals surface area (Å²) in [5.74, 6) is 0.632. The number of likely N-dealkylation sites (N-methyl/N-ethyl adjacent to an activating group) is 1. The van der Waals surface area contributed by atoms with E-state index in [1.54, 1.807) is 11.9 Å². The molecule has 0 aromatic heterocycles. The van der Waals surface area contributed by atoms with Gasteiger partial charge in [0.1, 0.15) is 5.75 Å². The third-order valence-electron chi connectivity index (χ3n) is 6.10. The van der Waals surface area contributed by atoms with Gasteiger partial charge in [-0.2, -0.15) is 5.10 Å². The summed E-state index contributed by atoms with van der Waals surface area (Å²) in [5.41, 5.74) is 3.52. The predicted molar refractivity (Wildman–Crippen MR) is 111 cm³/mol. The fourth-order valence-electron chi connectivity index (χ4n) is 4.73. The Morgan fingerprint density at radius 1 is 0.966 bits per heavy atom. The standard InChI is InChI=1S/C24H19N3O2/c1-26-20-13-7-6-12-18(20)24(23(26)28)27-21(17-11-5-8-14-22(17)29-24)15-19(25-27)16-9-3-2-4-10-16/h2-14,21H,15H2,1H3/t21-,24-/m0/s1. The lowest BCUT2D eigenvalue weighted by atomic mass is 9.92. The van der Waals surface area contributed by atoms with Crippen LogP contribution in [0.5, 0.6) is 5.75 Å². The number of hydrogen-bond acceptors (Lipinski definition) is 4. The molecule has 0 unspecified atom stereocenters. The number of carbonyl (C=O) groups is 1. The lowest BCUT2D eigenvalue weighted by Gasteiger charge is -2.44. The minimum atomic E-state index is -1.28. The molecule has 6 rings (SSSR count). The van der Waals surface area contributed by atoms with E-state index >= 15 is 0 Å².